The highest BCUT2D eigenvalue weighted by atomic mass is 19.1. The van der Waals surface area contributed by atoms with Gasteiger partial charge in [0.25, 0.3) is 5.91 Å². The Labute approximate surface area is 206 Å². The van der Waals surface area contributed by atoms with Crippen LogP contribution in [-0.2, 0) is 22.7 Å². The molecule has 2 amide bonds. The molecule has 35 heavy (non-hydrogen) atoms. The Hall–Kier alpha value is -2.98. The van der Waals surface area contributed by atoms with Gasteiger partial charge in [0.1, 0.15) is 11.5 Å². The molecular weight excluding hydrogens is 451 g/mol. The van der Waals surface area contributed by atoms with Crippen LogP contribution >= 0.6 is 0 Å². The quantitative estimate of drug-likeness (QED) is 0.442. The summed E-state index contributed by atoms with van der Waals surface area (Å²) >= 11 is 0. The molecule has 1 saturated heterocycles. The molecule has 10 heteroatoms. The van der Waals surface area contributed by atoms with E-state index >= 15 is 4.39 Å². The number of piperidine rings is 1. The number of amides is 2. The number of hydrogen-bond donors (Lipinski definition) is 2. The third-order valence-corrected chi connectivity index (χ3v) is 6.70. The molecule has 1 unspecified atom stereocenters. The number of nitrogens with one attached hydrogen (secondary N) is 1. The first-order chi connectivity index (χ1) is 16.8. The Morgan fingerprint density at radius 2 is 2.06 bits per heavy atom. The SMILES string of the molecule is CCN(CCC(C)N(C=O)c1ncccc1NC)C(=O)C1(F)CCN(Cc2ccc(CN)o2)CC1. The van der Waals surface area contributed by atoms with E-state index in [1.165, 1.54) is 0 Å². The fourth-order valence-corrected chi connectivity index (χ4v) is 4.45. The first-order valence-electron chi connectivity index (χ1n) is 12.2. The molecule has 1 atom stereocenters. The summed E-state index contributed by atoms with van der Waals surface area (Å²) in [7, 11) is 1.77. The summed E-state index contributed by atoms with van der Waals surface area (Å²) in [5, 5.41) is 3.04. The summed E-state index contributed by atoms with van der Waals surface area (Å²) in [6, 6.07) is 7.15. The lowest BCUT2D eigenvalue weighted by molar-refractivity contribution is -0.147. The number of nitrogens with zero attached hydrogens (tertiary/aromatic N) is 4. The first-order valence-corrected chi connectivity index (χ1v) is 12.2. The molecule has 9 nitrogen and oxygen atoms in total. The van der Waals surface area contributed by atoms with Crippen molar-refractivity contribution in [2.75, 3.05) is 43.4 Å². The van der Waals surface area contributed by atoms with Gasteiger partial charge in [0.2, 0.25) is 6.41 Å². The van der Waals surface area contributed by atoms with Gasteiger partial charge in [-0.25, -0.2) is 9.37 Å². The van der Waals surface area contributed by atoms with Crippen molar-refractivity contribution in [1.29, 1.82) is 0 Å². The van der Waals surface area contributed by atoms with Crippen molar-refractivity contribution in [3.8, 4) is 0 Å². The Morgan fingerprint density at radius 1 is 1.34 bits per heavy atom. The highest BCUT2D eigenvalue weighted by Gasteiger charge is 2.44. The molecule has 192 valence electrons. The van der Waals surface area contributed by atoms with Crippen molar-refractivity contribution < 1.29 is 18.4 Å². The van der Waals surface area contributed by atoms with E-state index in [4.69, 9.17) is 10.2 Å². The van der Waals surface area contributed by atoms with Gasteiger partial charge < -0.3 is 20.4 Å². The molecule has 0 bridgehead atoms. The molecule has 0 radical (unpaired) electrons. The zero-order chi connectivity index (χ0) is 25.4. The summed E-state index contributed by atoms with van der Waals surface area (Å²) in [6.07, 6.45) is 3.16. The van der Waals surface area contributed by atoms with Crippen LogP contribution in [0.4, 0.5) is 15.9 Å². The summed E-state index contributed by atoms with van der Waals surface area (Å²) in [4.78, 5) is 34.5. The predicted molar refractivity (Wildman–Crippen MR) is 134 cm³/mol. The van der Waals surface area contributed by atoms with Gasteiger partial charge >= 0.3 is 0 Å². The van der Waals surface area contributed by atoms with Crippen LogP contribution in [0, 0.1) is 0 Å². The van der Waals surface area contributed by atoms with E-state index in [-0.39, 0.29) is 18.9 Å². The van der Waals surface area contributed by atoms with Gasteiger partial charge in [0.05, 0.1) is 18.8 Å². The average molecular weight is 489 g/mol. The van der Waals surface area contributed by atoms with Crippen molar-refractivity contribution in [1.82, 2.24) is 14.8 Å². The lowest BCUT2D eigenvalue weighted by Crippen LogP contribution is -2.52. The van der Waals surface area contributed by atoms with Crippen LogP contribution in [-0.4, -0.2) is 72.0 Å². The number of carbonyl (C=O) groups excluding carboxylic acids is 2. The zero-order valence-corrected chi connectivity index (χ0v) is 20.9. The number of carbonyl (C=O) groups is 2. The van der Waals surface area contributed by atoms with E-state index in [0.717, 1.165) is 23.6 Å². The van der Waals surface area contributed by atoms with Crippen LogP contribution < -0.4 is 16.0 Å². The molecule has 3 N–H and O–H groups in total. The number of nitrogens with two attached hydrogens (primary N) is 1. The lowest BCUT2D eigenvalue weighted by atomic mass is 9.91. The molecule has 0 spiro atoms. The van der Waals surface area contributed by atoms with Gasteiger partial charge in [-0.15, -0.1) is 0 Å². The van der Waals surface area contributed by atoms with Crippen molar-refractivity contribution in [2.45, 2.75) is 57.9 Å². The highest BCUT2D eigenvalue weighted by molar-refractivity contribution is 5.85. The molecule has 1 fully saturated rings. The third-order valence-electron chi connectivity index (χ3n) is 6.70. The normalized spacial score (nSPS) is 16.5. The van der Waals surface area contributed by atoms with E-state index in [0.29, 0.717) is 51.5 Å². The minimum absolute atomic E-state index is 0.141. The fourth-order valence-electron chi connectivity index (χ4n) is 4.45. The number of halogens is 1. The highest BCUT2D eigenvalue weighted by Crippen LogP contribution is 2.30. The number of alkyl halides is 1. The van der Waals surface area contributed by atoms with E-state index in [2.05, 4.69) is 15.2 Å². The number of hydrogen-bond acceptors (Lipinski definition) is 7. The monoisotopic (exact) mass is 488 g/mol. The molecule has 0 aromatic carbocycles. The van der Waals surface area contributed by atoms with Crippen molar-refractivity contribution in [2.24, 2.45) is 5.73 Å². The molecule has 0 saturated carbocycles. The van der Waals surface area contributed by atoms with Gasteiger partial charge in [0.15, 0.2) is 11.5 Å². The second-order valence-electron chi connectivity index (χ2n) is 8.97. The number of rotatable bonds is 12. The number of furan rings is 1. The van der Waals surface area contributed by atoms with Crippen molar-refractivity contribution in [3.63, 3.8) is 0 Å². The van der Waals surface area contributed by atoms with Crippen LogP contribution in [0.5, 0.6) is 0 Å². The Bertz CT molecular complexity index is 976. The molecule has 0 aliphatic carbocycles. The van der Waals surface area contributed by atoms with Crippen molar-refractivity contribution in [3.05, 3.63) is 42.0 Å². The smallest absolute Gasteiger partial charge is 0.260 e. The lowest BCUT2D eigenvalue weighted by Gasteiger charge is -2.38. The number of likely N-dealkylation sites (tertiary alicyclic amines) is 1. The first kappa shape index (κ1) is 26.6. The summed E-state index contributed by atoms with van der Waals surface area (Å²) < 4.78 is 21.4. The summed E-state index contributed by atoms with van der Waals surface area (Å²) in [5.41, 5.74) is 4.44. The second-order valence-corrected chi connectivity index (χ2v) is 8.97. The standard InChI is InChI=1S/C25H37FN6O3/c1-4-31(13-9-19(2)32(18-33)23-22(28-3)6-5-12-29-23)24(34)25(26)10-14-30(15-11-25)17-21-8-7-20(16-27)35-21/h5-8,12,18-19,28H,4,9-11,13-17,27H2,1-3H3. The largest absolute Gasteiger partial charge is 0.463 e. The molecule has 2 aromatic heterocycles. The summed E-state index contributed by atoms with van der Waals surface area (Å²) in [6.45, 7) is 6.37. The van der Waals surface area contributed by atoms with Crippen LogP contribution in [0.3, 0.4) is 0 Å². The maximum atomic E-state index is 15.7. The molecule has 2 aromatic rings. The van der Waals surface area contributed by atoms with Gasteiger partial charge in [0, 0.05) is 58.3 Å². The minimum Gasteiger partial charge on any atom is -0.463 e. The van der Waals surface area contributed by atoms with Crippen LogP contribution in [0.2, 0.25) is 0 Å². The predicted octanol–water partition coefficient (Wildman–Crippen LogP) is 2.77. The number of pyridine rings is 1. The topological polar surface area (TPSA) is 108 Å². The third kappa shape index (κ3) is 6.37. The van der Waals surface area contributed by atoms with E-state index in [1.54, 1.807) is 29.1 Å². The van der Waals surface area contributed by atoms with Crippen LogP contribution in [0.1, 0.15) is 44.6 Å². The Kier molecular flexibility index (Phi) is 9.22. The Morgan fingerprint density at radius 3 is 2.66 bits per heavy atom. The maximum absolute atomic E-state index is 15.7. The zero-order valence-electron chi connectivity index (χ0n) is 20.9. The Balaban J connectivity index is 1.56. The van der Waals surface area contributed by atoms with Gasteiger partial charge in [-0.05, 0) is 44.5 Å². The summed E-state index contributed by atoms with van der Waals surface area (Å²) in [5.74, 6) is 1.57. The fraction of sp³-hybridized carbons (Fsp3) is 0.560. The van der Waals surface area contributed by atoms with Gasteiger partial charge in [-0.1, -0.05) is 0 Å². The van der Waals surface area contributed by atoms with Gasteiger partial charge in [-0.3, -0.25) is 19.4 Å². The molecular formula is C25H37FN6O3. The van der Waals surface area contributed by atoms with Crippen LogP contribution in [0.25, 0.3) is 0 Å². The van der Waals surface area contributed by atoms with E-state index in [9.17, 15) is 9.59 Å². The number of aromatic nitrogens is 1. The minimum atomic E-state index is -1.88. The number of anilines is 2. The van der Waals surface area contributed by atoms with Crippen molar-refractivity contribution >= 4 is 23.8 Å². The molecule has 3 rings (SSSR count). The van der Waals surface area contributed by atoms with E-state index < -0.39 is 11.6 Å². The molecule has 1 aliphatic rings. The maximum Gasteiger partial charge on any atom is 0.260 e. The molecule has 1 aliphatic heterocycles. The average Bonchev–Trinajstić information content (AvgIpc) is 3.34. The molecule has 3 heterocycles. The second kappa shape index (κ2) is 12.1. The van der Waals surface area contributed by atoms with Gasteiger partial charge in [-0.2, -0.15) is 0 Å². The van der Waals surface area contributed by atoms with Crippen LogP contribution in [0.15, 0.2) is 34.9 Å². The van der Waals surface area contributed by atoms with E-state index in [1.807, 2.05) is 32.0 Å².